The first-order chi connectivity index (χ1) is 8.43. The van der Waals surface area contributed by atoms with E-state index in [4.69, 9.17) is 5.11 Å². The van der Waals surface area contributed by atoms with Crippen molar-refractivity contribution in [1.82, 2.24) is 5.32 Å². The number of carbonyl (C=O) groups is 1. The molecule has 3 nitrogen and oxygen atoms in total. The minimum absolute atomic E-state index is 0.242. The molecule has 0 aliphatic carbocycles. The van der Waals surface area contributed by atoms with Crippen LogP contribution < -0.4 is 5.32 Å². The molecule has 2 N–H and O–H groups in total. The first-order valence-corrected chi connectivity index (χ1v) is 5.99. The summed E-state index contributed by atoms with van der Waals surface area (Å²) < 4.78 is 35.8. The lowest BCUT2D eigenvalue weighted by Gasteiger charge is -2.15. The van der Waals surface area contributed by atoms with Crippen molar-refractivity contribution in [1.29, 1.82) is 0 Å². The second kappa shape index (κ2) is 6.65. The Morgan fingerprint density at radius 1 is 1.33 bits per heavy atom. The Morgan fingerprint density at radius 2 is 1.94 bits per heavy atom. The number of alkyl halides is 3. The van der Waals surface area contributed by atoms with Gasteiger partial charge in [0.25, 0.3) is 0 Å². The summed E-state index contributed by atoms with van der Waals surface area (Å²) in [5.41, 5.74) is 0. The van der Waals surface area contributed by atoms with Crippen LogP contribution in [0.3, 0.4) is 0 Å². The summed E-state index contributed by atoms with van der Waals surface area (Å²) in [6.45, 7) is -0.563. The minimum atomic E-state index is -4.89. The van der Waals surface area contributed by atoms with Crippen LogP contribution in [-0.4, -0.2) is 35.6 Å². The molecule has 0 fully saturated rings. The zero-order valence-corrected chi connectivity index (χ0v) is 10.1. The van der Waals surface area contributed by atoms with Crippen molar-refractivity contribution >= 4 is 17.7 Å². The van der Waals surface area contributed by atoms with Crippen LogP contribution in [0, 0.1) is 0 Å². The maximum absolute atomic E-state index is 11.9. The van der Waals surface area contributed by atoms with Crippen LogP contribution in [0.15, 0.2) is 35.2 Å². The van der Waals surface area contributed by atoms with Gasteiger partial charge in [0.05, 0.1) is 6.61 Å². The van der Waals surface area contributed by atoms with Crippen molar-refractivity contribution in [3.63, 3.8) is 0 Å². The van der Waals surface area contributed by atoms with E-state index in [9.17, 15) is 18.0 Å². The van der Waals surface area contributed by atoms with E-state index in [0.29, 0.717) is 0 Å². The molecule has 0 saturated heterocycles. The molecule has 0 spiro atoms. The van der Waals surface area contributed by atoms with Crippen LogP contribution in [0.4, 0.5) is 13.2 Å². The average molecular weight is 279 g/mol. The second-order valence-corrected chi connectivity index (χ2v) is 4.82. The minimum Gasteiger partial charge on any atom is -0.395 e. The number of rotatable bonds is 5. The molecule has 1 unspecified atom stereocenters. The lowest BCUT2D eigenvalue weighted by atomic mass is 10.4. The van der Waals surface area contributed by atoms with Crippen LogP contribution in [0.1, 0.15) is 0 Å². The molecule has 18 heavy (non-hydrogen) atoms. The fourth-order valence-corrected chi connectivity index (χ4v) is 2.08. The van der Waals surface area contributed by atoms with E-state index in [1.54, 1.807) is 29.6 Å². The first-order valence-electron chi connectivity index (χ1n) is 5.11. The number of aliphatic hydroxyl groups excluding tert-OH is 1. The van der Waals surface area contributed by atoms with Crippen molar-refractivity contribution in [3.8, 4) is 0 Å². The Balaban J connectivity index is 2.46. The predicted molar refractivity (Wildman–Crippen MR) is 62.2 cm³/mol. The van der Waals surface area contributed by atoms with Gasteiger partial charge in [-0.3, -0.25) is 4.79 Å². The summed E-state index contributed by atoms with van der Waals surface area (Å²) in [5.74, 6) is -1.99. The van der Waals surface area contributed by atoms with Gasteiger partial charge < -0.3 is 10.4 Å². The highest BCUT2D eigenvalue weighted by atomic mass is 32.2. The van der Waals surface area contributed by atoms with E-state index in [2.05, 4.69) is 0 Å². The normalized spacial score (nSPS) is 13.1. The molecule has 0 saturated carbocycles. The Labute approximate surface area is 106 Å². The predicted octanol–water partition coefficient (Wildman–Crippen LogP) is 1.82. The number of nitrogens with one attached hydrogen (secondary N) is 1. The van der Waals surface area contributed by atoms with Gasteiger partial charge in [-0.05, 0) is 12.1 Å². The molecule has 0 radical (unpaired) electrons. The van der Waals surface area contributed by atoms with Crippen LogP contribution >= 0.6 is 11.8 Å². The van der Waals surface area contributed by atoms with Crippen molar-refractivity contribution in [3.05, 3.63) is 30.3 Å². The zero-order chi connectivity index (χ0) is 13.6. The second-order valence-electron chi connectivity index (χ2n) is 3.44. The van der Waals surface area contributed by atoms with E-state index in [1.165, 1.54) is 11.8 Å². The van der Waals surface area contributed by atoms with Crippen molar-refractivity contribution in [2.45, 2.75) is 16.3 Å². The number of amides is 1. The number of halogens is 3. The molecule has 0 aliphatic rings. The lowest BCUT2D eigenvalue weighted by molar-refractivity contribution is -0.173. The highest BCUT2D eigenvalue weighted by Crippen LogP contribution is 2.22. The number of hydrogen-bond donors (Lipinski definition) is 2. The summed E-state index contributed by atoms with van der Waals surface area (Å²) in [4.78, 5) is 11.4. The van der Waals surface area contributed by atoms with Crippen LogP contribution in [0.2, 0.25) is 0 Å². The smallest absolute Gasteiger partial charge is 0.395 e. The van der Waals surface area contributed by atoms with E-state index in [-0.39, 0.29) is 13.2 Å². The number of benzene rings is 1. The summed E-state index contributed by atoms with van der Waals surface area (Å²) in [7, 11) is 0. The molecular formula is C11H12F3NO2S. The molecular weight excluding hydrogens is 267 g/mol. The molecule has 1 atom stereocenters. The zero-order valence-electron chi connectivity index (χ0n) is 9.28. The van der Waals surface area contributed by atoms with Crippen molar-refractivity contribution in [2.24, 2.45) is 0 Å². The summed E-state index contributed by atoms with van der Waals surface area (Å²) in [6.07, 6.45) is -4.89. The Bertz CT molecular complexity index is 384. The third kappa shape index (κ3) is 4.97. The molecule has 7 heteroatoms. The van der Waals surface area contributed by atoms with Gasteiger partial charge in [-0.1, -0.05) is 18.2 Å². The van der Waals surface area contributed by atoms with Gasteiger partial charge in [0.15, 0.2) is 0 Å². The monoisotopic (exact) mass is 279 g/mol. The Hall–Kier alpha value is -1.21. The van der Waals surface area contributed by atoms with E-state index in [1.807, 2.05) is 6.07 Å². The van der Waals surface area contributed by atoms with E-state index in [0.717, 1.165) is 4.90 Å². The molecule has 1 aromatic rings. The number of aliphatic hydroxyl groups is 1. The SMILES string of the molecule is O=C(NCC(CO)Sc1ccccc1)C(F)(F)F. The summed E-state index contributed by atoms with van der Waals surface area (Å²) >= 11 is 1.21. The summed E-state index contributed by atoms with van der Waals surface area (Å²) in [6, 6.07) is 8.93. The van der Waals surface area contributed by atoms with E-state index < -0.39 is 17.3 Å². The maximum Gasteiger partial charge on any atom is 0.471 e. The molecule has 0 aromatic heterocycles. The molecule has 0 heterocycles. The molecule has 0 bridgehead atoms. The topological polar surface area (TPSA) is 49.3 Å². The van der Waals surface area contributed by atoms with Gasteiger partial charge in [-0.15, -0.1) is 11.8 Å². The standard InChI is InChI=1S/C11H12F3NO2S/c12-11(13,14)10(17)15-6-9(7-16)18-8-4-2-1-3-5-8/h1-5,9,16H,6-7H2,(H,15,17). The van der Waals surface area contributed by atoms with Gasteiger partial charge in [-0.25, -0.2) is 0 Å². The number of thioether (sulfide) groups is 1. The molecule has 1 aromatic carbocycles. The average Bonchev–Trinajstić information content (AvgIpc) is 2.34. The lowest BCUT2D eigenvalue weighted by Crippen LogP contribution is -2.40. The van der Waals surface area contributed by atoms with Gasteiger partial charge in [0.2, 0.25) is 0 Å². The van der Waals surface area contributed by atoms with E-state index >= 15 is 0 Å². The van der Waals surface area contributed by atoms with Crippen molar-refractivity contribution in [2.75, 3.05) is 13.2 Å². The molecule has 1 amide bonds. The first kappa shape index (κ1) is 14.8. The third-order valence-corrected chi connectivity index (χ3v) is 3.19. The Morgan fingerprint density at radius 3 is 2.44 bits per heavy atom. The number of hydrogen-bond acceptors (Lipinski definition) is 3. The highest BCUT2D eigenvalue weighted by Gasteiger charge is 2.38. The van der Waals surface area contributed by atoms with Gasteiger partial charge in [0.1, 0.15) is 0 Å². The van der Waals surface area contributed by atoms with Gasteiger partial charge in [-0.2, -0.15) is 13.2 Å². The van der Waals surface area contributed by atoms with Crippen LogP contribution in [-0.2, 0) is 4.79 Å². The van der Waals surface area contributed by atoms with Crippen molar-refractivity contribution < 1.29 is 23.1 Å². The highest BCUT2D eigenvalue weighted by molar-refractivity contribution is 8.00. The molecule has 1 rings (SSSR count). The Kier molecular flexibility index (Phi) is 5.49. The maximum atomic E-state index is 11.9. The third-order valence-electron chi connectivity index (χ3n) is 2.00. The van der Waals surface area contributed by atoms with Gasteiger partial charge in [0, 0.05) is 16.7 Å². The molecule has 0 aliphatic heterocycles. The molecule has 100 valence electrons. The van der Waals surface area contributed by atoms with Crippen LogP contribution in [0.5, 0.6) is 0 Å². The summed E-state index contributed by atoms with van der Waals surface area (Å²) in [5, 5.41) is 10.3. The largest absolute Gasteiger partial charge is 0.471 e. The quantitative estimate of drug-likeness (QED) is 0.808. The van der Waals surface area contributed by atoms with Crippen LogP contribution in [0.25, 0.3) is 0 Å². The fraction of sp³-hybridized carbons (Fsp3) is 0.364. The van der Waals surface area contributed by atoms with Gasteiger partial charge >= 0.3 is 12.1 Å². The number of carbonyl (C=O) groups excluding carboxylic acids is 1. The fourth-order valence-electron chi connectivity index (χ4n) is 1.14.